The summed E-state index contributed by atoms with van der Waals surface area (Å²) in [5.41, 5.74) is 0. The van der Waals surface area contributed by atoms with Crippen LogP contribution in [0.2, 0.25) is 0 Å². The van der Waals surface area contributed by atoms with Crippen LogP contribution in [0.4, 0.5) is 0 Å². The van der Waals surface area contributed by atoms with Crippen molar-refractivity contribution in [2.45, 2.75) is 20.0 Å². The quantitative estimate of drug-likeness (QED) is 0.837. The van der Waals surface area contributed by atoms with E-state index in [4.69, 9.17) is 9.84 Å². The molecular weight excluding hydrogens is 314 g/mol. The number of hydrogen-bond acceptors (Lipinski definition) is 3. The Balaban J connectivity index is 2.50. The van der Waals surface area contributed by atoms with Crippen molar-refractivity contribution in [3.05, 3.63) is 28.7 Å². The van der Waals surface area contributed by atoms with Gasteiger partial charge in [-0.15, -0.1) is 0 Å². The highest BCUT2D eigenvalue weighted by Crippen LogP contribution is 2.24. The molecule has 2 unspecified atom stereocenters. The van der Waals surface area contributed by atoms with Crippen molar-refractivity contribution >= 4 is 27.8 Å². The van der Waals surface area contributed by atoms with Crippen molar-refractivity contribution in [1.29, 1.82) is 0 Å². The summed E-state index contributed by atoms with van der Waals surface area (Å²) in [7, 11) is 0. The number of amides is 1. The van der Waals surface area contributed by atoms with E-state index in [1.807, 2.05) is 12.1 Å². The molecule has 1 aromatic rings. The Morgan fingerprint density at radius 1 is 1.37 bits per heavy atom. The van der Waals surface area contributed by atoms with Gasteiger partial charge >= 0.3 is 5.97 Å². The topological polar surface area (TPSA) is 75.6 Å². The van der Waals surface area contributed by atoms with Crippen molar-refractivity contribution in [2.75, 3.05) is 6.54 Å². The van der Waals surface area contributed by atoms with Crippen molar-refractivity contribution < 1.29 is 19.4 Å². The average molecular weight is 330 g/mol. The molecule has 0 aliphatic rings. The highest BCUT2D eigenvalue weighted by molar-refractivity contribution is 9.10. The first kappa shape index (κ1) is 15.5. The van der Waals surface area contributed by atoms with E-state index in [0.29, 0.717) is 5.75 Å². The molecule has 0 saturated carbocycles. The molecule has 2 atom stereocenters. The Kier molecular flexibility index (Phi) is 5.82. The van der Waals surface area contributed by atoms with Gasteiger partial charge in [-0.25, -0.2) is 0 Å². The van der Waals surface area contributed by atoms with E-state index in [2.05, 4.69) is 21.2 Å². The molecule has 0 saturated heterocycles. The summed E-state index contributed by atoms with van der Waals surface area (Å²) < 4.78 is 6.25. The molecule has 0 aliphatic carbocycles. The van der Waals surface area contributed by atoms with Crippen LogP contribution in [0.15, 0.2) is 28.7 Å². The first-order valence-electron chi connectivity index (χ1n) is 5.83. The summed E-state index contributed by atoms with van der Waals surface area (Å²) >= 11 is 3.32. The lowest BCUT2D eigenvalue weighted by Crippen LogP contribution is -2.39. The molecule has 6 heteroatoms. The number of ether oxygens (including phenoxy) is 1. The number of carboxylic acid groups (broad SMARTS) is 1. The van der Waals surface area contributed by atoms with Gasteiger partial charge in [-0.1, -0.05) is 19.1 Å². The number of carboxylic acids is 1. The number of carbonyl (C=O) groups excluding carboxylic acids is 1. The fourth-order valence-electron chi connectivity index (χ4n) is 1.27. The second-order valence-electron chi connectivity index (χ2n) is 4.17. The van der Waals surface area contributed by atoms with Crippen molar-refractivity contribution in [3.8, 4) is 5.75 Å². The molecule has 5 nitrogen and oxygen atoms in total. The van der Waals surface area contributed by atoms with E-state index >= 15 is 0 Å². The maximum atomic E-state index is 11.7. The van der Waals surface area contributed by atoms with Gasteiger partial charge in [-0.05, 0) is 35.0 Å². The number of benzene rings is 1. The van der Waals surface area contributed by atoms with E-state index in [-0.39, 0.29) is 12.5 Å². The monoisotopic (exact) mass is 329 g/mol. The van der Waals surface area contributed by atoms with Gasteiger partial charge in [0.05, 0.1) is 10.4 Å². The van der Waals surface area contributed by atoms with Crippen LogP contribution in [-0.2, 0) is 9.59 Å². The van der Waals surface area contributed by atoms with Gasteiger partial charge in [0.15, 0.2) is 6.10 Å². The summed E-state index contributed by atoms with van der Waals surface area (Å²) in [6, 6.07) is 7.20. The van der Waals surface area contributed by atoms with Crippen LogP contribution in [-0.4, -0.2) is 29.6 Å². The minimum Gasteiger partial charge on any atom is -0.481 e. The van der Waals surface area contributed by atoms with Gasteiger partial charge in [-0.2, -0.15) is 0 Å². The van der Waals surface area contributed by atoms with Crippen molar-refractivity contribution in [1.82, 2.24) is 5.32 Å². The van der Waals surface area contributed by atoms with Crippen LogP contribution in [0.5, 0.6) is 5.75 Å². The third kappa shape index (κ3) is 4.90. The minimum atomic E-state index is -0.945. The fourth-order valence-corrected chi connectivity index (χ4v) is 1.65. The van der Waals surface area contributed by atoms with Crippen LogP contribution in [0, 0.1) is 5.92 Å². The Bertz CT molecular complexity index is 464. The largest absolute Gasteiger partial charge is 0.481 e. The Hall–Kier alpha value is -1.56. The molecular formula is C13H16BrNO4. The van der Waals surface area contributed by atoms with Gasteiger partial charge in [0.2, 0.25) is 0 Å². The molecule has 0 spiro atoms. The average Bonchev–Trinajstić information content (AvgIpc) is 2.37. The van der Waals surface area contributed by atoms with Crippen LogP contribution < -0.4 is 10.1 Å². The molecule has 0 radical (unpaired) electrons. The molecule has 19 heavy (non-hydrogen) atoms. The third-order valence-corrected chi connectivity index (χ3v) is 3.17. The van der Waals surface area contributed by atoms with E-state index in [1.54, 1.807) is 19.1 Å². The summed E-state index contributed by atoms with van der Waals surface area (Å²) in [6.07, 6.45) is -0.695. The molecule has 1 rings (SSSR count). The zero-order chi connectivity index (χ0) is 14.4. The summed E-state index contributed by atoms with van der Waals surface area (Å²) in [5.74, 6) is -1.35. The van der Waals surface area contributed by atoms with Gasteiger partial charge < -0.3 is 15.2 Å². The third-order valence-electron chi connectivity index (χ3n) is 2.51. The molecule has 2 N–H and O–H groups in total. The summed E-state index contributed by atoms with van der Waals surface area (Å²) in [5, 5.41) is 11.3. The SMILES string of the molecule is CC(CNC(=O)C(C)Oc1ccccc1Br)C(=O)O. The zero-order valence-corrected chi connectivity index (χ0v) is 12.3. The van der Waals surface area contributed by atoms with Crippen molar-refractivity contribution in [3.63, 3.8) is 0 Å². The number of halogens is 1. The molecule has 104 valence electrons. The minimum absolute atomic E-state index is 0.0812. The predicted octanol–water partition coefficient (Wildman–Crippen LogP) is 2.05. The molecule has 0 aromatic heterocycles. The smallest absolute Gasteiger partial charge is 0.308 e. The highest BCUT2D eigenvalue weighted by Gasteiger charge is 2.18. The van der Waals surface area contributed by atoms with Gasteiger partial charge in [0.25, 0.3) is 5.91 Å². The number of aliphatic carboxylic acids is 1. The Morgan fingerprint density at radius 2 is 2.00 bits per heavy atom. The number of rotatable bonds is 6. The molecule has 0 aliphatic heterocycles. The molecule has 1 aromatic carbocycles. The van der Waals surface area contributed by atoms with E-state index in [9.17, 15) is 9.59 Å². The standard InChI is InChI=1S/C13H16BrNO4/c1-8(13(17)18)7-15-12(16)9(2)19-11-6-4-3-5-10(11)14/h3-6,8-9H,7H2,1-2H3,(H,15,16)(H,17,18). The maximum Gasteiger partial charge on any atom is 0.308 e. The van der Waals surface area contributed by atoms with Gasteiger partial charge in [0, 0.05) is 6.54 Å². The van der Waals surface area contributed by atoms with E-state index in [0.717, 1.165) is 4.47 Å². The second-order valence-corrected chi connectivity index (χ2v) is 5.03. The number of para-hydroxylation sites is 1. The van der Waals surface area contributed by atoms with Gasteiger partial charge in [0.1, 0.15) is 5.75 Å². The van der Waals surface area contributed by atoms with Crippen LogP contribution in [0.3, 0.4) is 0 Å². The normalized spacial score (nSPS) is 13.4. The van der Waals surface area contributed by atoms with Crippen LogP contribution in [0.25, 0.3) is 0 Å². The zero-order valence-electron chi connectivity index (χ0n) is 10.7. The lowest BCUT2D eigenvalue weighted by molar-refractivity contribution is -0.141. The summed E-state index contributed by atoms with van der Waals surface area (Å²) in [6.45, 7) is 3.22. The molecule has 0 heterocycles. The number of hydrogen-bond donors (Lipinski definition) is 2. The predicted molar refractivity (Wildman–Crippen MR) is 74.0 cm³/mol. The van der Waals surface area contributed by atoms with E-state index < -0.39 is 18.0 Å². The Morgan fingerprint density at radius 3 is 2.58 bits per heavy atom. The molecule has 0 bridgehead atoms. The number of carbonyl (C=O) groups is 2. The second kappa shape index (κ2) is 7.13. The first-order chi connectivity index (χ1) is 8.91. The lowest BCUT2D eigenvalue weighted by atomic mass is 10.2. The molecule has 0 fully saturated rings. The first-order valence-corrected chi connectivity index (χ1v) is 6.62. The van der Waals surface area contributed by atoms with E-state index in [1.165, 1.54) is 6.92 Å². The molecule has 1 amide bonds. The highest BCUT2D eigenvalue weighted by atomic mass is 79.9. The van der Waals surface area contributed by atoms with Crippen LogP contribution in [0.1, 0.15) is 13.8 Å². The number of nitrogens with one attached hydrogen (secondary N) is 1. The van der Waals surface area contributed by atoms with Gasteiger partial charge in [-0.3, -0.25) is 9.59 Å². The van der Waals surface area contributed by atoms with Crippen molar-refractivity contribution in [2.24, 2.45) is 5.92 Å². The van der Waals surface area contributed by atoms with Crippen LogP contribution >= 0.6 is 15.9 Å². The Labute approximate surface area is 120 Å². The summed E-state index contributed by atoms with van der Waals surface area (Å²) in [4.78, 5) is 22.4. The lowest BCUT2D eigenvalue weighted by Gasteiger charge is -2.16. The maximum absolute atomic E-state index is 11.7. The fraction of sp³-hybridized carbons (Fsp3) is 0.385.